The van der Waals surface area contributed by atoms with Crippen LogP contribution in [0.25, 0.3) is 0 Å². The van der Waals surface area contributed by atoms with Gasteiger partial charge < -0.3 is 10.1 Å². The number of ether oxygens (including phenoxy) is 1. The highest BCUT2D eigenvalue weighted by molar-refractivity contribution is 6.34. The Hall–Kier alpha value is -3.93. The van der Waals surface area contributed by atoms with E-state index < -0.39 is 11.8 Å². The van der Waals surface area contributed by atoms with Gasteiger partial charge in [-0.25, -0.2) is 4.90 Å². The SMILES string of the molecule is CCOc1ccc(N2C(=O)c3ccc(C(=O)NCc4ccccc4)cc3C2=O)cc1. The molecule has 3 amide bonds. The smallest absolute Gasteiger partial charge is 0.266 e. The molecule has 6 heteroatoms. The van der Waals surface area contributed by atoms with Crippen LogP contribution in [0.5, 0.6) is 5.75 Å². The quantitative estimate of drug-likeness (QED) is 0.639. The summed E-state index contributed by atoms with van der Waals surface area (Å²) in [4.78, 5) is 39.3. The third-order valence-electron chi connectivity index (χ3n) is 4.85. The maximum atomic E-state index is 12.9. The number of carbonyl (C=O) groups is 3. The molecule has 0 saturated carbocycles. The summed E-state index contributed by atoms with van der Waals surface area (Å²) in [7, 11) is 0. The van der Waals surface area contributed by atoms with Gasteiger partial charge in [0.25, 0.3) is 17.7 Å². The van der Waals surface area contributed by atoms with Gasteiger partial charge in [0.05, 0.1) is 23.4 Å². The number of nitrogens with zero attached hydrogens (tertiary/aromatic N) is 1. The average Bonchev–Trinajstić information content (AvgIpc) is 3.03. The molecule has 150 valence electrons. The number of carbonyl (C=O) groups excluding carboxylic acids is 3. The number of hydrogen-bond acceptors (Lipinski definition) is 4. The van der Waals surface area contributed by atoms with E-state index in [0.29, 0.717) is 30.2 Å². The second-order valence-electron chi connectivity index (χ2n) is 6.80. The van der Waals surface area contributed by atoms with Gasteiger partial charge in [0.1, 0.15) is 5.75 Å². The van der Waals surface area contributed by atoms with Crippen molar-refractivity contribution in [1.82, 2.24) is 5.32 Å². The van der Waals surface area contributed by atoms with Gasteiger partial charge in [0.15, 0.2) is 0 Å². The lowest BCUT2D eigenvalue weighted by Crippen LogP contribution is -2.29. The lowest BCUT2D eigenvalue weighted by Gasteiger charge is -2.14. The molecule has 0 aliphatic carbocycles. The van der Waals surface area contributed by atoms with E-state index in [4.69, 9.17) is 4.74 Å². The summed E-state index contributed by atoms with van der Waals surface area (Å²) >= 11 is 0. The summed E-state index contributed by atoms with van der Waals surface area (Å²) in [5.74, 6) is -0.496. The second-order valence-corrected chi connectivity index (χ2v) is 6.80. The topological polar surface area (TPSA) is 75.7 Å². The number of rotatable bonds is 6. The van der Waals surface area contributed by atoms with Gasteiger partial charge in [-0.1, -0.05) is 30.3 Å². The molecule has 3 aromatic rings. The monoisotopic (exact) mass is 400 g/mol. The first kappa shape index (κ1) is 19.4. The Morgan fingerprint density at radius 2 is 1.60 bits per heavy atom. The number of hydrogen-bond donors (Lipinski definition) is 1. The van der Waals surface area contributed by atoms with E-state index in [2.05, 4.69) is 5.32 Å². The van der Waals surface area contributed by atoms with Crippen molar-refractivity contribution in [3.63, 3.8) is 0 Å². The Morgan fingerprint density at radius 3 is 2.30 bits per heavy atom. The summed E-state index contributed by atoms with van der Waals surface area (Å²) < 4.78 is 5.40. The molecule has 0 unspecified atom stereocenters. The molecule has 0 saturated heterocycles. The molecule has 0 bridgehead atoms. The zero-order valence-corrected chi connectivity index (χ0v) is 16.4. The van der Waals surface area contributed by atoms with E-state index in [1.54, 1.807) is 30.3 Å². The summed E-state index contributed by atoms with van der Waals surface area (Å²) in [6.07, 6.45) is 0. The zero-order valence-electron chi connectivity index (χ0n) is 16.4. The minimum Gasteiger partial charge on any atom is -0.494 e. The van der Waals surface area contributed by atoms with E-state index in [1.165, 1.54) is 12.1 Å². The fraction of sp³-hybridized carbons (Fsp3) is 0.125. The number of nitrogens with one attached hydrogen (secondary N) is 1. The van der Waals surface area contributed by atoms with Crippen LogP contribution < -0.4 is 15.0 Å². The highest BCUT2D eigenvalue weighted by atomic mass is 16.5. The molecule has 30 heavy (non-hydrogen) atoms. The second kappa shape index (κ2) is 8.21. The molecule has 0 aromatic heterocycles. The molecule has 1 heterocycles. The lowest BCUT2D eigenvalue weighted by molar-refractivity contribution is 0.0923. The van der Waals surface area contributed by atoms with Crippen molar-refractivity contribution in [3.8, 4) is 5.75 Å². The molecule has 1 aliphatic heterocycles. The molecule has 1 N–H and O–H groups in total. The van der Waals surface area contributed by atoms with Crippen molar-refractivity contribution in [1.29, 1.82) is 0 Å². The minimum absolute atomic E-state index is 0.223. The van der Waals surface area contributed by atoms with E-state index in [-0.39, 0.29) is 17.0 Å². The molecule has 0 spiro atoms. The number of imide groups is 1. The Bertz CT molecular complexity index is 1110. The summed E-state index contributed by atoms with van der Waals surface area (Å²) in [5, 5.41) is 2.83. The number of benzene rings is 3. The van der Waals surface area contributed by atoms with Crippen LogP contribution in [0.1, 0.15) is 43.6 Å². The van der Waals surface area contributed by atoms with Gasteiger partial charge in [0, 0.05) is 12.1 Å². The van der Waals surface area contributed by atoms with Crippen LogP contribution in [0.2, 0.25) is 0 Å². The largest absolute Gasteiger partial charge is 0.494 e. The first-order valence-corrected chi connectivity index (χ1v) is 9.66. The molecule has 0 atom stereocenters. The van der Waals surface area contributed by atoms with Crippen molar-refractivity contribution in [2.45, 2.75) is 13.5 Å². The maximum absolute atomic E-state index is 12.9. The summed E-state index contributed by atoms with van der Waals surface area (Å²) in [6, 6.07) is 20.9. The van der Waals surface area contributed by atoms with Gasteiger partial charge >= 0.3 is 0 Å². The zero-order chi connectivity index (χ0) is 21.1. The van der Waals surface area contributed by atoms with Crippen LogP contribution >= 0.6 is 0 Å². The van der Waals surface area contributed by atoms with E-state index in [1.807, 2.05) is 37.3 Å². The van der Waals surface area contributed by atoms with Crippen LogP contribution in [-0.2, 0) is 6.54 Å². The van der Waals surface area contributed by atoms with E-state index in [9.17, 15) is 14.4 Å². The Labute approximate surface area is 174 Å². The van der Waals surface area contributed by atoms with Crippen molar-refractivity contribution >= 4 is 23.4 Å². The van der Waals surface area contributed by atoms with Crippen molar-refractivity contribution in [3.05, 3.63) is 95.1 Å². The predicted octanol–water partition coefficient (Wildman–Crippen LogP) is 3.82. The molecule has 1 aliphatic rings. The molecule has 6 nitrogen and oxygen atoms in total. The van der Waals surface area contributed by atoms with Crippen LogP contribution in [-0.4, -0.2) is 24.3 Å². The lowest BCUT2D eigenvalue weighted by atomic mass is 10.1. The summed E-state index contributed by atoms with van der Waals surface area (Å²) in [6.45, 7) is 2.79. The van der Waals surface area contributed by atoms with Crippen LogP contribution in [0.3, 0.4) is 0 Å². The molecular formula is C24H20N2O4. The van der Waals surface area contributed by atoms with Crippen LogP contribution in [0.15, 0.2) is 72.8 Å². The Balaban J connectivity index is 1.53. The fourth-order valence-electron chi connectivity index (χ4n) is 3.35. The molecular weight excluding hydrogens is 380 g/mol. The Morgan fingerprint density at radius 1 is 0.900 bits per heavy atom. The van der Waals surface area contributed by atoms with Gasteiger partial charge in [-0.2, -0.15) is 0 Å². The van der Waals surface area contributed by atoms with Gasteiger partial charge in [-0.15, -0.1) is 0 Å². The highest BCUT2D eigenvalue weighted by Crippen LogP contribution is 2.30. The fourth-order valence-corrected chi connectivity index (χ4v) is 3.35. The highest BCUT2D eigenvalue weighted by Gasteiger charge is 2.37. The standard InChI is InChI=1S/C24H20N2O4/c1-2-30-19-11-9-18(10-12-19)26-23(28)20-13-8-17(14-21(20)24(26)29)22(27)25-15-16-6-4-3-5-7-16/h3-14H,2,15H2,1H3,(H,25,27). The van der Waals surface area contributed by atoms with E-state index in [0.717, 1.165) is 10.5 Å². The predicted molar refractivity (Wildman–Crippen MR) is 113 cm³/mol. The molecule has 3 aromatic carbocycles. The van der Waals surface area contributed by atoms with Crippen LogP contribution in [0, 0.1) is 0 Å². The first-order chi connectivity index (χ1) is 14.6. The van der Waals surface area contributed by atoms with E-state index >= 15 is 0 Å². The van der Waals surface area contributed by atoms with Gasteiger partial charge in [0.2, 0.25) is 0 Å². The normalized spacial score (nSPS) is 12.6. The number of fused-ring (bicyclic) bond motifs is 1. The van der Waals surface area contributed by atoms with Crippen LogP contribution in [0.4, 0.5) is 5.69 Å². The molecule has 4 rings (SSSR count). The Kier molecular flexibility index (Phi) is 5.30. The van der Waals surface area contributed by atoms with Gasteiger partial charge in [-0.3, -0.25) is 14.4 Å². The maximum Gasteiger partial charge on any atom is 0.266 e. The number of anilines is 1. The van der Waals surface area contributed by atoms with Crippen molar-refractivity contribution < 1.29 is 19.1 Å². The number of amides is 3. The third-order valence-corrected chi connectivity index (χ3v) is 4.85. The molecule has 0 fully saturated rings. The minimum atomic E-state index is -0.447. The first-order valence-electron chi connectivity index (χ1n) is 9.66. The van der Waals surface area contributed by atoms with Gasteiger partial charge in [-0.05, 0) is 55.0 Å². The molecule has 0 radical (unpaired) electrons. The average molecular weight is 400 g/mol. The van der Waals surface area contributed by atoms with Crippen molar-refractivity contribution in [2.24, 2.45) is 0 Å². The van der Waals surface area contributed by atoms with Crippen molar-refractivity contribution in [2.75, 3.05) is 11.5 Å². The third kappa shape index (κ3) is 3.67. The summed E-state index contributed by atoms with van der Waals surface area (Å²) in [5.41, 5.74) is 2.27.